The molecule has 2 saturated heterocycles. The molecule has 0 aromatic heterocycles. The fourth-order valence-electron chi connectivity index (χ4n) is 5.56. The highest BCUT2D eigenvalue weighted by molar-refractivity contribution is 7.89. The molecule has 10 nitrogen and oxygen atoms in total. The summed E-state index contributed by atoms with van der Waals surface area (Å²) in [4.78, 5) is 42.9. The van der Waals surface area contributed by atoms with Crippen LogP contribution in [0, 0.1) is 5.92 Å². The Kier molecular flexibility index (Phi) is 12.7. The zero-order chi connectivity index (χ0) is 30.2. The van der Waals surface area contributed by atoms with E-state index in [0.717, 1.165) is 43.2 Å². The van der Waals surface area contributed by atoms with Gasteiger partial charge in [-0.3, -0.25) is 9.59 Å². The molecule has 1 aromatic carbocycles. The number of esters is 1. The SMILES string of the molecule is CCN(CC)CCC1CCN(C(=O)CC[C@H](NC(=O)[C@@H]2CCCN2S(=O)(=O)c2cc(Cl)cc(Cl)c2)C(=O)OC)CC1. The molecule has 13 heteroatoms. The molecule has 2 heterocycles. The van der Waals surface area contributed by atoms with Gasteiger partial charge in [-0.05, 0) is 82.3 Å². The summed E-state index contributed by atoms with van der Waals surface area (Å²) in [5.41, 5.74) is 0. The van der Waals surface area contributed by atoms with Crippen LogP contribution in [0.4, 0.5) is 0 Å². The number of ether oxygens (including phenoxy) is 1. The molecule has 230 valence electrons. The maximum absolute atomic E-state index is 13.3. The van der Waals surface area contributed by atoms with E-state index >= 15 is 0 Å². The van der Waals surface area contributed by atoms with Gasteiger partial charge in [0.1, 0.15) is 12.1 Å². The maximum atomic E-state index is 13.3. The molecule has 2 amide bonds. The summed E-state index contributed by atoms with van der Waals surface area (Å²) in [6.45, 7) is 8.97. The highest BCUT2D eigenvalue weighted by Crippen LogP contribution is 2.30. The van der Waals surface area contributed by atoms with Crippen LogP contribution in [0.3, 0.4) is 0 Å². The molecule has 1 aromatic rings. The van der Waals surface area contributed by atoms with Gasteiger partial charge >= 0.3 is 5.97 Å². The van der Waals surface area contributed by atoms with Gasteiger partial charge in [0.15, 0.2) is 0 Å². The summed E-state index contributed by atoms with van der Waals surface area (Å²) in [6.07, 6.45) is 3.91. The normalized spacial score (nSPS) is 19.4. The van der Waals surface area contributed by atoms with Crippen molar-refractivity contribution in [2.24, 2.45) is 5.92 Å². The van der Waals surface area contributed by atoms with Gasteiger partial charge in [-0.25, -0.2) is 13.2 Å². The number of nitrogens with zero attached hydrogens (tertiary/aromatic N) is 3. The highest BCUT2D eigenvalue weighted by atomic mass is 35.5. The second kappa shape index (κ2) is 15.5. The minimum atomic E-state index is -4.07. The van der Waals surface area contributed by atoms with Crippen molar-refractivity contribution in [1.82, 2.24) is 19.4 Å². The van der Waals surface area contributed by atoms with Crippen LogP contribution in [0.1, 0.15) is 58.8 Å². The average molecular weight is 634 g/mol. The van der Waals surface area contributed by atoms with E-state index in [0.29, 0.717) is 25.4 Å². The molecule has 2 aliphatic rings. The fraction of sp³-hybridized carbons (Fsp3) is 0.679. The van der Waals surface area contributed by atoms with E-state index < -0.39 is 34.0 Å². The van der Waals surface area contributed by atoms with E-state index in [1.165, 1.54) is 25.3 Å². The predicted octanol–water partition coefficient (Wildman–Crippen LogP) is 3.56. The van der Waals surface area contributed by atoms with Gasteiger partial charge in [-0.2, -0.15) is 4.31 Å². The number of hydrogen-bond donors (Lipinski definition) is 1. The van der Waals surface area contributed by atoms with E-state index in [1.807, 2.05) is 4.90 Å². The van der Waals surface area contributed by atoms with Crippen LogP contribution in [0.15, 0.2) is 23.1 Å². The molecule has 2 fully saturated rings. The monoisotopic (exact) mass is 632 g/mol. The molecular formula is C28H42Cl2N4O6S. The molecular weight excluding hydrogens is 591 g/mol. The van der Waals surface area contributed by atoms with Crippen LogP contribution in [0.2, 0.25) is 10.0 Å². The molecule has 3 rings (SSSR count). The van der Waals surface area contributed by atoms with E-state index in [-0.39, 0.29) is 46.7 Å². The van der Waals surface area contributed by atoms with Gasteiger partial charge in [-0.1, -0.05) is 37.0 Å². The molecule has 1 N–H and O–H groups in total. The first-order valence-electron chi connectivity index (χ1n) is 14.4. The number of methoxy groups -OCH3 is 1. The van der Waals surface area contributed by atoms with Crippen molar-refractivity contribution in [3.63, 3.8) is 0 Å². The molecule has 0 saturated carbocycles. The van der Waals surface area contributed by atoms with Gasteiger partial charge in [-0.15, -0.1) is 0 Å². The topological polar surface area (TPSA) is 116 Å². The third kappa shape index (κ3) is 9.03. The van der Waals surface area contributed by atoms with E-state index in [2.05, 4.69) is 24.1 Å². The number of carbonyl (C=O) groups is 3. The lowest BCUT2D eigenvalue weighted by Crippen LogP contribution is -2.51. The van der Waals surface area contributed by atoms with Crippen molar-refractivity contribution in [1.29, 1.82) is 0 Å². The molecule has 2 aliphatic heterocycles. The Labute approximate surface area is 253 Å². The first-order valence-corrected chi connectivity index (χ1v) is 16.6. The predicted molar refractivity (Wildman–Crippen MR) is 158 cm³/mol. The summed E-state index contributed by atoms with van der Waals surface area (Å²) in [6, 6.07) is 1.90. The van der Waals surface area contributed by atoms with Gasteiger partial charge in [0, 0.05) is 36.1 Å². The molecule has 0 radical (unpaired) electrons. The van der Waals surface area contributed by atoms with Crippen LogP contribution in [0.25, 0.3) is 0 Å². The average Bonchev–Trinajstić information content (AvgIpc) is 3.46. The Balaban J connectivity index is 1.57. The smallest absolute Gasteiger partial charge is 0.328 e. The lowest BCUT2D eigenvalue weighted by Gasteiger charge is -2.33. The Morgan fingerprint density at radius 1 is 1.05 bits per heavy atom. The lowest BCUT2D eigenvalue weighted by atomic mass is 9.93. The number of carbonyl (C=O) groups excluding carboxylic acids is 3. The van der Waals surface area contributed by atoms with Crippen molar-refractivity contribution in [2.45, 2.75) is 75.8 Å². The number of benzene rings is 1. The number of piperidine rings is 1. The van der Waals surface area contributed by atoms with E-state index in [4.69, 9.17) is 27.9 Å². The number of sulfonamides is 1. The number of likely N-dealkylation sites (tertiary alicyclic amines) is 1. The Bertz CT molecular complexity index is 1150. The first-order chi connectivity index (χ1) is 19.5. The zero-order valence-corrected chi connectivity index (χ0v) is 26.4. The van der Waals surface area contributed by atoms with Gasteiger partial charge in [0.05, 0.1) is 12.0 Å². The number of rotatable bonds is 13. The van der Waals surface area contributed by atoms with Crippen molar-refractivity contribution in [2.75, 3.05) is 46.4 Å². The minimum absolute atomic E-state index is 0.0580. The standard InChI is InChI=1S/C28H42Cl2N4O6S/c1-4-32(5-2)14-10-20-11-15-33(16-12-20)26(35)9-8-24(28(37)40-3)31-27(36)25-7-6-13-34(25)41(38,39)23-18-21(29)17-22(30)19-23/h17-20,24-25H,4-16H2,1-3H3,(H,31,36)/t24-,25-/m0/s1. The summed E-state index contributed by atoms with van der Waals surface area (Å²) >= 11 is 12.0. The van der Waals surface area contributed by atoms with Crippen LogP contribution in [-0.4, -0.2) is 98.8 Å². The Hall–Kier alpha value is -1.92. The highest BCUT2D eigenvalue weighted by Gasteiger charge is 2.41. The van der Waals surface area contributed by atoms with Gasteiger partial charge in [0.2, 0.25) is 21.8 Å². The number of hydrogen-bond acceptors (Lipinski definition) is 7. The largest absolute Gasteiger partial charge is 0.467 e. The Morgan fingerprint density at radius 3 is 2.27 bits per heavy atom. The molecule has 0 spiro atoms. The fourth-order valence-corrected chi connectivity index (χ4v) is 7.95. The third-order valence-electron chi connectivity index (χ3n) is 8.11. The van der Waals surface area contributed by atoms with Crippen LogP contribution in [0.5, 0.6) is 0 Å². The number of halogens is 2. The summed E-state index contributed by atoms with van der Waals surface area (Å²) < 4.78 is 32.6. The third-order valence-corrected chi connectivity index (χ3v) is 10.4. The molecule has 41 heavy (non-hydrogen) atoms. The molecule has 0 unspecified atom stereocenters. The van der Waals surface area contributed by atoms with E-state index in [9.17, 15) is 22.8 Å². The summed E-state index contributed by atoms with van der Waals surface area (Å²) in [5.74, 6) is -0.778. The van der Waals surface area contributed by atoms with Crippen molar-refractivity contribution >= 4 is 51.0 Å². The molecule has 0 bridgehead atoms. The van der Waals surface area contributed by atoms with Crippen molar-refractivity contribution < 1.29 is 27.5 Å². The first kappa shape index (κ1) is 33.6. The summed E-state index contributed by atoms with van der Waals surface area (Å²) in [7, 11) is -2.86. The van der Waals surface area contributed by atoms with Crippen LogP contribution in [-0.2, 0) is 29.1 Å². The zero-order valence-electron chi connectivity index (χ0n) is 24.1. The second-order valence-electron chi connectivity index (χ2n) is 10.6. The van der Waals surface area contributed by atoms with Crippen molar-refractivity contribution in [3.8, 4) is 0 Å². The summed E-state index contributed by atoms with van der Waals surface area (Å²) in [5, 5.41) is 2.97. The van der Waals surface area contributed by atoms with E-state index in [1.54, 1.807) is 0 Å². The van der Waals surface area contributed by atoms with Crippen molar-refractivity contribution in [3.05, 3.63) is 28.2 Å². The van der Waals surface area contributed by atoms with Crippen LogP contribution >= 0.6 is 23.2 Å². The number of amides is 2. The number of nitrogens with one attached hydrogen (secondary N) is 1. The molecule has 2 atom stereocenters. The Morgan fingerprint density at radius 2 is 1.68 bits per heavy atom. The van der Waals surface area contributed by atoms with Crippen LogP contribution < -0.4 is 5.32 Å². The van der Waals surface area contributed by atoms with Gasteiger partial charge in [0.25, 0.3) is 0 Å². The lowest BCUT2D eigenvalue weighted by molar-refractivity contribution is -0.146. The minimum Gasteiger partial charge on any atom is -0.467 e. The van der Waals surface area contributed by atoms with Gasteiger partial charge < -0.3 is 19.9 Å². The second-order valence-corrected chi connectivity index (χ2v) is 13.4. The maximum Gasteiger partial charge on any atom is 0.328 e. The molecule has 0 aliphatic carbocycles. The quantitative estimate of drug-likeness (QED) is 0.331.